The number of thiophene rings is 1. The Balaban J connectivity index is 1.41. The summed E-state index contributed by atoms with van der Waals surface area (Å²) >= 11 is 2.02. The number of hydrogen-bond acceptors (Lipinski definition) is 3. The molecule has 126 valence electrons. The second-order valence-electron chi connectivity index (χ2n) is 7.67. The van der Waals surface area contributed by atoms with Crippen molar-refractivity contribution >= 4 is 17.2 Å². The summed E-state index contributed by atoms with van der Waals surface area (Å²) < 4.78 is 0. The van der Waals surface area contributed by atoms with E-state index in [1.807, 2.05) is 11.3 Å². The molecular formula is C19H28N2OS. The third-order valence-electron chi connectivity index (χ3n) is 5.85. The highest BCUT2D eigenvalue weighted by atomic mass is 32.1. The second-order valence-corrected chi connectivity index (χ2v) is 8.87. The Morgan fingerprint density at radius 3 is 2.70 bits per heavy atom. The zero-order valence-corrected chi connectivity index (χ0v) is 14.7. The number of nitrogens with zero attached hydrogens (tertiary/aromatic N) is 1. The molecule has 3 heterocycles. The Kier molecular flexibility index (Phi) is 4.72. The summed E-state index contributed by atoms with van der Waals surface area (Å²) in [5.74, 6) is 1.32. The lowest BCUT2D eigenvalue weighted by Crippen LogP contribution is -2.38. The van der Waals surface area contributed by atoms with E-state index in [0.717, 1.165) is 38.4 Å². The van der Waals surface area contributed by atoms with Gasteiger partial charge in [0, 0.05) is 35.4 Å². The molecule has 23 heavy (non-hydrogen) atoms. The number of carbonyl (C=O) groups is 1. The van der Waals surface area contributed by atoms with E-state index >= 15 is 0 Å². The van der Waals surface area contributed by atoms with E-state index in [2.05, 4.69) is 22.3 Å². The lowest BCUT2D eigenvalue weighted by atomic mass is 9.88. The molecule has 0 radical (unpaired) electrons. The third kappa shape index (κ3) is 3.63. The minimum atomic E-state index is 0.209. The summed E-state index contributed by atoms with van der Waals surface area (Å²) in [4.78, 5) is 17.8. The molecule has 1 aromatic heterocycles. The first kappa shape index (κ1) is 15.6. The lowest BCUT2D eigenvalue weighted by Gasteiger charge is -2.26. The van der Waals surface area contributed by atoms with E-state index in [9.17, 15) is 4.79 Å². The van der Waals surface area contributed by atoms with Crippen LogP contribution in [0.1, 0.15) is 67.0 Å². The summed E-state index contributed by atoms with van der Waals surface area (Å²) in [5, 5.41) is 3.24. The van der Waals surface area contributed by atoms with Gasteiger partial charge in [-0.2, -0.15) is 0 Å². The van der Waals surface area contributed by atoms with Crippen LogP contribution in [-0.4, -0.2) is 29.9 Å². The normalized spacial score (nSPS) is 30.0. The standard InChI is InChI=1S/C19H28N2OS/c22-19-15-7-4-8-16(20-19)12-21(11-15)13-17-9-10-18(23-17)14-5-2-1-3-6-14/h9-10,14-16H,1-8,11-13H2,(H,20,22)/t15-,16+/m1/s1. The fourth-order valence-corrected chi connectivity index (χ4v) is 5.80. The lowest BCUT2D eigenvalue weighted by molar-refractivity contribution is -0.124. The van der Waals surface area contributed by atoms with Crippen LogP contribution in [-0.2, 0) is 11.3 Å². The Bertz CT molecular complexity index is 549. The maximum Gasteiger partial charge on any atom is 0.224 e. The summed E-state index contributed by atoms with van der Waals surface area (Å²) in [7, 11) is 0. The highest BCUT2D eigenvalue weighted by Crippen LogP contribution is 2.36. The van der Waals surface area contributed by atoms with Gasteiger partial charge in [0.25, 0.3) is 0 Å². The van der Waals surface area contributed by atoms with Gasteiger partial charge in [0.1, 0.15) is 0 Å². The van der Waals surface area contributed by atoms with E-state index in [1.54, 1.807) is 4.88 Å². The molecule has 1 aromatic rings. The molecule has 2 saturated heterocycles. The number of likely N-dealkylation sites (tertiary alicyclic amines) is 1. The van der Waals surface area contributed by atoms with E-state index in [-0.39, 0.29) is 5.92 Å². The first-order chi connectivity index (χ1) is 11.3. The molecule has 0 unspecified atom stereocenters. The smallest absolute Gasteiger partial charge is 0.224 e. The third-order valence-corrected chi connectivity index (χ3v) is 7.08. The molecule has 4 heteroatoms. The van der Waals surface area contributed by atoms with Crippen molar-refractivity contribution < 1.29 is 4.79 Å². The molecule has 2 aliphatic heterocycles. The van der Waals surface area contributed by atoms with Gasteiger partial charge in [-0.25, -0.2) is 0 Å². The van der Waals surface area contributed by atoms with Crippen LogP contribution >= 0.6 is 11.3 Å². The monoisotopic (exact) mass is 332 g/mol. The van der Waals surface area contributed by atoms with Crippen LogP contribution in [0.15, 0.2) is 12.1 Å². The summed E-state index contributed by atoms with van der Waals surface area (Å²) in [6.07, 6.45) is 10.4. The minimum absolute atomic E-state index is 0.209. The number of hydrogen-bond donors (Lipinski definition) is 1. The molecule has 2 atom stereocenters. The van der Waals surface area contributed by atoms with Gasteiger partial charge in [-0.05, 0) is 43.7 Å². The molecule has 1 amide bonds. The summed E-state index contributed by atoms with van der Waals surface area (Å²) in [6, 6.07) is 5.08. The number of carbonyl (C=O) groups excluding carboxylic acids is 1. The van der Waals surface area contributed by atoms with Crippen LogP contribution in [0.4, 0.5) is 0 Å². The molecule has 0 aromatic carbocycles. The molecule has 1 saturated carbocycles. The van der Waals surface area contributed by atoms with Crippen LogP contribution in [0.25, 0.3) is 0 Å². The Morgan fingerprint density at radius 2 is 1.83 bits per heavy atom. The van der Waals surface area contributed by atoms with Gasteiger partial charge in [-0.1, -0.05) is 25.7 Å². The van der Waals surface area contributed by atoms with Gasteiger partial charge in [0.2, 0.25) is 5.91 Å². The first-order valence-corrected chi connectivity index (χ1v) is 10.2. The zero-order valence-electron chi connectivity index (χ0n) is 13.9. The molecule has 3 nitrogen and oxygen atoms in total. The largest absolute Gasteiger partial charge is 0.352 e. The van der Waals surface area contributed by atoms with Gasteiger partial charge < -0.3 is 5.32 Å². The quantitative estimate of drug-likeness (QED) is 0.910. The van der Waals surface area contributed by atoms with E-state index in [1.165, 1.54) is 43.4 Å². The van der Waals surface area contributed by atoms with Crippen LogP contribution < -0.4 is 5.32 Å². The van der Waals surface area contributed by atoms with Crippen molar-refractivity contribution in [1.29, 1.82) is 0 Å². The predicted molar refractivity (Wildman–Crippen MR) is 94.7 cm³/mol. The van der Waals surface area contributed by atoms with Crippen LogP contribution in [0, 0.1) is 5.92 Å². The molecule has 0 spiro atoms. The van der Waals surface area contributed by atoms with Crippen molar-refractivity contribution in [2.75, 3.05) is 13.1 Å². The molecule has 4 rings (SSSR count). The summed E-state index contributed by atoms with van der Waals surface area (Å²) in [5.41, 5.74) is 0. The number of rotatable bonds is 3. The summed E-state index contributed by atoms with van der Waals surface area (Å²) in [6.45, 7) is 3.00. The predicted octanol–water partition coefficient (Wildman–Crippen LogP) is 3.90. The van der Waals surface area contributed by atoms with E-state index < -0.39 is 0 Å². The van der Waals surface area contributed by atoms with Crippen LogP contribution in [0.2, 0.25) is 0 Å². The molecule has 3 aliphatic rings. The number of nitrogens with one attached hydrogen (secondary N) is 1. The first-order valence-electron chi connectivity index (χ1n) is 9.39. The van der Waals surface area contributed by atoms with Gasteiger partial charge in [-0.15, -0.1) is 11.3 Å². The molecule has 3 fully saturated rings. The van der Waals surface area contributed by atoms with Crippen molar-refractivity contribution in [2.24, 2.45) is 5.92 Å². The fourth-order valence-electron chi connectivity index (χ4n) is 4.58. The van der Waals surface area contributed by atoms with Gasteiger partial charge in [-0.3, -0.25) is 9.69 Å². The Hall–Kier alpha value is -0.870. The Labute approximate surface area is 143 Å². The SMILES string of the molecule is O=C1N[C@H]2CCC[C@@H]1CN(Cc1ccc(C3CCCCC3)s1)C2. The maximum atomic E-state index is 12.2. The second kappa shape index (κ2) is 6.94. The van der Waals surface area contributed by atoms with Gasteiger partial charge in [0.15, 0.2) is 0 Å². The topological polar surface area (TPSA) is 32.3 Å². The average molecular weight is 333 g/mol. The maximum absolute atomic E-state index is 12.2. The average Bonchev–Trinajstić information content (AvgIpc) is 2.87. The highest BCUT2D eigenvalue weighted by molar-refractivity contribution is 7.12. The van der Waals surface area contributed by atoms with Gasteiger partial charge in [0.05, 0.1) is 5.92 Å². The molecular weight excluding hydrogens is 304 g/mol. The van der Waals surface area contributed by atoms with E-state index in [0.29, 0.717) is 11.9 Å². The molecule has 1 aliphatic carbocycles. The zero-order chi connectivity index (χ0) is 15.6. The van der Waals surface area contributed by atoms with E-state index in [4.69, 9.17) is 0 Å². The fraction of sp³-hybridized carbons (Fsp3) is 0.737. The number of fused-ring (bicyclic) bond motifs is 3. The molecule has 1 N–H and O–H groups in total. The Morgan fingerprint density at radius 1 is 1.00 bits per heavy atom. The van der Waals surface area contributed by atoms with Crippen molar-refractivity contribution in [3.8, 4) is 0 Å². The van der Waals surface area contributed by atoms with Gasteiger partial charge >= 0.3 is 0 Å². The van der Waals surface area contributed by atoms with Crippen LogP contribution in [0.5, 0.6) is 0 Å². The highest BCUT2D eigenvalue weighted by Gasteiger charge is 2.32. The molecule has 2 bridgehead atoms. The van der Waals surface area contributed by atoms with Crippen LogP contribution in [0.3, 0.4) is 0 Å². The van der Waals surface area contributed by atoms with Crippen molar-refractivity contribution in [1.82, 2.24) is 10.2 Å². The van der Waals surface area contributed by atoms with Crippen molar-refractivity contribution in [3.05, 3.63) is 21.9 Å². The minimum Gasteiger partial charge on any atom is -0.352 e. The van der Waals surface area contributed by atoms with Crippen molar-refractivity contribution in [2.45, 2.75) is 69.9 Å². The van der Waals surface area contributed by atoms with Crippen molar-refractivity contribution in [3.63, 3.8) is 0 Å². The number of amides is 1.